The van der Waals surface area contributed by atoms with E-state index in [9.17, 15) is 4.79 Å². The number of hydrogen-bond donors (Lipinski definition) is 0. The summed E-state index contributed by atoms with van der Waals surface area (Å²) < 4.78 is 12.4. The lowest BCUT2D eigenvalue weighted by Gasteiger charge is -2.25. The van der Waals surface area contributed by atoms with E-state index in [4.69, 9.17) is 9.47 Å². The summed E-state index contributed by atoms with van der Waals surface area (Å²) in [5, 5.41) is 4.50. The van der Waals surface area contributed by atoms with E-state index in [0.717, 1.165) is 24.3 Å². The van der Waals surface area contributed by atoms with Gasteiger partial charge in [-0.2, -0.15) is 4.98 Å². The van der Waals surface area contributed by atoms with Crippen LogP contribution in [0.25, 0.3) is 5.65 Å². The van der Waals surface area contributed by atoms with Crippen LogP contribution in [-0.2, 0) is 20.7 Å². The molecule has 7 heteroatoms. The molecule has 7 nitrogen and oxygen atoms in total. The molecule has 0 spiro atoms. The number of esters is 1. The van der Waals surface area contributed by atoms with Crippen molar-refractivity contribution in [1.82, 2.24) is 14.6 Å². The number of ether oxygens (including phenoxy) is 2. The molecule has 1 aliphatic heterocycles. The maximum atomic E-state index is 11.9. The van der Waals surface area contributed by atoms with Gasteiger partial charge in [-0.3, -0.25) is 4.79 Å². The molecule has 3 heterocycles. The van der Waals surface area contributed by atoms with Gasteiger partial charge in [0.1, 0.15) is 5.60 Å². The fourth-order valence-corrected chi connectivity index (χ4v) is 2.46. The highest BCUT2D eigenvalue weighted by atomic mass is 16.6. The number of aromatic nitrogens is 3. The predicted octanol–water partition coefficient (Wildman–Crippen LogP) is 1.45. The van der Waals surface area contributed by atoms with Gasteiger partial charge in [-0.15, -0.1) is 5.10 Å². The normalized spacial score (nSPS) is 15.9. The van der Waals surface area contributed by atoms with Gasteiger partial charge in [0.15, 0.2) is 5.65 Å². The Morgan fingerprint density at radius 2 is 2.04 bits per heavy atom. The fraction of sp³-hybridized carbons (Fsp3) is 0.562. The van der Waals surface area contributed by atoms with Crippen molar-refractivity contribution in [3.63, 3.8) is 0 Å². The van der Waals surface area contributed by atoms with Gasteiger partial charge >= 0.3 is 5.97 Å². The zero-order valence-corrected chi connectivity index (χ0v) is 13.8. The Morgan fingerprint density at radius 1 is 1.30 bits per heavy atom. The number of anilines is 1. The van der Waals surface area contributed by atoms with Crippen LogP contribution in [0.3, 0.4) is 0 Å². The molecule has 0 aliphatic carbocycles. The number of morpholine rings is 1. The Kier molecular flexibility index (Phi) is 4.21. The first-order valence-corrected chi connectivity index (χ1v) is 7.80. The molecule has 3 rings (SSSR count). The van der Waals surface area contributed by atoms with Gasteiger partial charge in [0.25, 0.3) is 0 Å². The van der Waals surface area contributed by atoms with E-state index >= 15 is 0 Å². The molecule has 0 unspecified atom stereocenters. The zero-order valence-electron chi connectivity index (χ0n) is 13.8. The maximum Gasteiger partial charge on any atom is 0.310 e. The van der Waals surface area contributed by atoms with Crippen molar-refractivity contribution >= 4 is 17.6 Å². The highest BCUT2D eigenvalue weighted by Crippen LogP contribution is 2.15. The third-order valence-corrected chi connectivity index (χ3v) is 3.44. The molecule has 1 fully saturated rings. The van der Waals surface area contributed by atoms with Crippen molar-refractivity contribution in [3.05, 3.63) is 23.9 Å². The quantitative estimate of drug-likeness (QED) is 0.798. The summed E-state index contributed by atoms with van der Waals surface area (Å²) in [6.07, 6.45) is 2.05. The first-order chi connectivity index (χ1) is 10.9. The Hall–Kier alpha value is -2.15. The van der Waals surface area contributed by atoms with Crippen LogP contribution in [0.1, 0.15) is 26.3 Å². The Balaban J connectivity index is 1.75. The van der Waals surface area contributed by atoms with Crippen molar-refractivity contribution in [2.24, 2.45) is 0 Å². The number of fused-ring (bicyclic) bond motifs is 1. The molecule has 0 aromatic carbocycles. The van der Waals surface area contributed by atoms with Gasteiger partial charge in [0, 0.05) is 19.3 Å². The van der Waals surface area contributed by atoms with E-state index in [2.05, 4.69) is 15.0 Å². The molecule has 23 heavy (non-hydrogen) atoms. The molecule has 2 aromatic heterocycles. The van der Waals surface area contributed by atoms with Crippen LogP contribution in [0.15, 0.2) is 18.3 Å². The molecule has 1 aliphatic rings. The topological polar surface area (TPSA) is 69.0 Å². The summed E-state index contributed by atoms with van der Waals surface area (Å²) in [4.78, 5) is 18.6. The van der Waals surface area contributed by atoms with Gasteiger partial charge in [-0.05, 0) is 32.4 Å². The van der Waals surface area contributed by atoms with E-state index in [-0.39, 0.29) is 12.4 Å². The lowest BCUT2D eigenvalue weighted by molar-refractivity contribution is -0.153. The van der Waals surface area contributed by atoms with Crippen LogP contribution in [0.5, 0.6) is 0 Å². The molecular formula is C16H22N4O3. The van der Waals surface area contributed by atoms with Crippen LogP contribution >= 0.6 is 0 Å². The summed E-state index contributed by atoms with van der Waals surface area (Å²) in [6.45, 7) is 8.56. The number of carbonyl (C=O) groups is 1. The van der Waals surface area contributed by atoms with Gasteiger partial charge < -0.3 is 14.4 Å². The summed E-state index contributed by atoms with van der Waals surface area (Å²) in [5.74, 6) is 0.452. The van der Waals surface area contributed by atoms with Crippen LogP contribution in [0.2, 0.25) is 0 Å². The first kappa shape index (κ1) is 15.7. The molecule has 1 saturated heterocycles. The molecule has 0 atom stereocenters. The van der Waals surface area contributed by atoms with Crippen LogP contribution < -0.4 is 4.90 Å². The summed E-state index contributed by atoms with van der Waals surface area (Å²) in [6, 6.07) is 3.76. The summed E-state index contributed by atoms with van der Waals surface area (Å²) in [5.41, 5.74) is 1.14. The minimum Gasteiger partial charge on any atom is -0.460 e. The third-order valence-electron chi connectivity index (χ3n) is 3.44. The average Bonchev–Trinajstić information content (AvgIpc) is 2.89. The molecule has 0 N–H and O–H groups in total. The van der Waals surface area contributed by atoms with Crippen molar-refractivity contribution in [1.29, 1.82) is 0 Å². The molecule has 2 aromatic rings. The van der Waals surface area contributed by atoms with Crippen LogP contribution in [0.4, 0.5) is 5.95 Å². The summed E-state index contributed by atoms with van der Waals surface area (Å²) >= 11 is 0. The number of nitrogens with zero attached hydrogens (tertiary/aromatic N) is 4. The van der Waals surface area contributed by atoms with E-state index in [0.29, 0.717) is 19.2 Å². The van der Waals surface area contributed by atoms with Gasteiger partial charge in [0.05, 0.1) is 19.6 Å². The van der Waals surface area contributed by atoms with Crippen LogP contribution in [-0.4, -0.2) is 52.5 Å². The monoisotopic (exact) mass is 318 g/mol. The number of pyridine rings is 1. The number of hydrogen-bond acceptors (Lipinski definition) is 6. The lowest BCUT2D eigenvalue weighted by atomic mass is 10.2. The van der Waals surface area contributed by atoms with E-state index in [1.807, 2.05) is 39.1 Å². The second kappa shape index (κ2) is 6.16. The molecule has 0 bridgehead atoms. The highest BCUT2D eigenvalue weighted by Gasteiger charge is 2.18. The third kappa shape index (κ3) is 3.98. The van der Waals surface area contributed by atoms with E-state index in [1.165, 1.54) is 0 Å². The first-order valence-electron chi connectivity index (χ1n) is 7.80. The Bertz CT molecular complexity index is 699. The largest absolute Gasteiger partial charge is 0.460 e. The Labute approximate surface area is 135 Å². The molecular weight excluding hydrogens is 296 g/mol. The van der Waals surface area contributed by atoms with Crippen molar-refractivity contribution in [2.45, 2.75) is 32.8 Å². The second-order valence-electron chi connectivity index (χ2n) is 6.61. The number of rotatable bonds is 3. The van der Waals surface area contributed by atoms with Crippen molar-refractivity contribution < 1.29 is 14.3 Å². The van der Waals surface area contributed by atoms with Crippen molar-refractivity contribution in [3.8, 4) is 0 Å². The molecule has 0 saturated carbocycles. The maximum absolute atomic E-state index is 11.9. The second-order valence-corrected chi connectivity index (χ2v) is 6.61. The number of carbonyl (C=O) groups excluding carboxylic acids is 1. The lowest BCUT2D eigenvalue weighted by Crippen LogP contribution is -2.36. The minimum atomic E-state index is -0.474. The van der Waals surface area contributed by atoms with Crippen molar-refractivity contribution in [2.75, 3.05) is 31.2 Å². The zero-order chi connectivity index (χ0) is 16.4. The fourth-order valence-electron chi connectivity index (χ4n) is 2.46. The van der Waals surface area contributed by atoms with Gasteiger partial charge in [0.2, 0.25) is 5.95 Å². The molecule has 124 valence electrons. The average molecular weight is 318 g/mol. The smallest absolute Gasteiger partial charge is 0.310 e. The minimum absolute atomic E-state index is 0.222. The highest BCUT2D eigenvalue weighted by molar-refractivity contribution is 5.73. The Morgan fingerprint density at radius 3 is 2.74 bits per heavy atom. The SMILES string of the molecule is CC(C)(C)OC(=O)Cc1ccc2nc(N3CCOCC3)nn2c1. The predicted molar refractivity (Wildman–Crippen MR) is 85.6 cm³/mol. The van der Waals surface area contributed by atoms with Gasteiger partial charge in [-0.25, -0.2) is 4.52 Å². The van der Waals surface area contributed by atoms with E-state index < -0.39 is 5.60 Å². The molecule has 0 radical (unpaired) electrons. The molecule has 0 amide bonds. The van der Waals surface area contributed by atoms with Gasteiger partial charge in [-0.1, -0.05) is 6.07 Å². The standard InChI is InChI=1S/C16H22N4O3/c1-16(2,3)23-14(21)10-12-4-5-13-17-15(18-20(13)11-12)19-6-8-22-9-7-19/h4-5,11H,6-10H2,1-3H3. The van der Waals surface area contributed by atoms with E-state index in [1.54, 1.807) is 4.52 Å². The summed E-state index contributed by atoms with van der Waals surface area (Å²) in [7, 11) is 0. The van der Waals surface area contributed by atoms with Crippen LogP contribution in [0, 0.1) is 0 Å².